The second-order valence-corrected chi connectivity index (χ2v) is 4.64. The zero-order valence-electron chi connectivity index (χ0n) is 11.8. The van der Waals surface area contributed by atoms with E-state index in [1.54, 1.807) is 7.11 Å². The van der Waals surface area contributed by atoms with Gasteiger partial charge in [0.1, 0.15) is 18.1 Å². The van der Waals surface area contributed by atoms with Gasteiger partial charge in [0, 0.05) is 6.07 Å². The number of nitrogens with zero attached hydrogens (tertiary/aromatic N) is 2. The van der Waals surface area contributed by atoms with E-state index in [9.17, 15) is 0 Å². The molecule has 0 amide bonds. The number of imidazole rings is 1. The van der Waals surface area contributed by atoms with E-state index in [1.807, 2.05) is 53.1 Å². The summed E-state index contributed by atoms with van der Waals surface area (Å²) >= 11 is 0. The molecule has 0 atom stereocenters. The van der Waals surface area contributed by atoms with Crippen molar-refractivity contribution in [1.82, 2.24) is 9.55 Å². The van der Waals surface area contributed by atoms with Crippen LogP contribution >= 0.6 is 0 Å². The molecule has 3 rings (SSSR count). The van der Waals surface area contributed by atoms with E-state index < -0.39 is 0 Å². The maximum Gasteiger partial charge on any atom is 0.201 e. The molecule has 0 aliphatic heterocycles. The van der Waals surface area contributed by atoms with Crippen LogP contribution in [0, 0.1) is 0 Å². The lowest BCUT2D eigenvalue weighted by molar-refractivity contribution is 0.301. The molecule has 5 nitrogen and oxygen atoms in total. The highest BCUT2D eigenvalue weighted by Crippen LogP contribution is 2.22. The number of benzene rings is 2. The molecule has 0 unspecified atom stereocenters. The Morgan fingerprint density at radius 1 is 1.10 bits per heavy atom. The van der Waals surface area contributed by atoms with Crippen molar-refractivity contribution in [3.63, 3.8) is 0 Å². The first-order valence-electron chi connectivity index (χ1n) is 6.75. The number of nitrogen functional groups attached to an aromatic ring is 1. The third kappa shape index (κ3) is 2.76. The predicted octanol–water partition coefficient (Wildman–Crippen LogP) is 2.71. The Morgan fingerprint density at radius 3 is 2.67 bits per heavy atom. The van der Waals surface area contributed by atoms with E-state index in [0.29, 0.717) is 19.1 Å². The fourth-order valence-electron chi connectivity index (χ4n) is 2.26. The second kappa shape index (κ2) is 5.75. The Morgan fingerprint density at radius 2 is 1.90 bits per heavy atom. The minimum atomic E-state index is 0.481. The number of nitrogens with two attached hydrogens (primary N) is 1. The van der Waals surface area contributed by atoms with E-state index in [1.165, 1.54) is 0 Å². The summed E-state index contributed by atoms with van der Waals surface area (Å²) in [7, 11) is 1.63. The van der Waals surface area contributed by atoms with Gasteiger partial charge in [-0.15, -0.1) is 0 Å². The average molecular weight is 283 g/mol. The van der Waals surface area contributed by atoms with Crippen LogP contribution in [0.2, 0.25) is 0 Å². The number of hydrogen-bond donors (Lipinski definition) is 1. The molecule has 0 saturated heterocycles. The normalized spacial score (nSPS) is 10.7. The molecule has 2 N–H and O–H groups in total. The predicted molar refractivity (Wildman–Crippen MR) is 82.6 cm³/mol. The highest BCUT2D eigenvalue weighted by Gasteiger charge is 2.09. The number of methoxy groups -OCH3 is 1. The summed E-state index contributed by atoms with van der Waals surface area (Å²) in [5.74, 6) is 2.10. The molecule has 1 aromatic heterocycles. The van der Waals surface area contributed by atoms with Gasteiger partial charge in [-0.1, -0.05) is 18.2 Å². The van der Waals surface area contributed by atoms with Gasteiger partial charge in [0.15, 0.2) is 0 Å². The van der Waals surface area contributed by atoms with Crippen molar-refractivity contribution in [2.24, 2.45) is 0 Å². The summed E-state index contributed by atoms with van der Waals surface area (Å²) < 4.78 is 12.8. The Bertz CT molecular complexity index is 738. The highest BCUT2D eigenvalue weighted by atomic mass is 16.5. The van der Waals surface area contributed by atoms with Crippen molar-refractivity contribution in [3.8, 4) is 11.5 Å². The number of rotatable bonds is 5. The molecular weight excluding hydrogens is 266 g/mol. The molecule has 108 valence electrons. The van der Waals surface area contributed by atoms with Gasteiger partial charge in [-0.25, -0.2) is 4.98 Å². The maximum absolute atomic E-state index is 5.98. The van der Waals surface area contributed by atoms with Crippen molar-refractivity contribution in [2.75, 3.05) is 19.5 Å². The van der Waals surface area contributed by atoms with E-state index in [4.69, 9.17) is 15.2 Å². The first kappa shape index (κ1) is 13.3. The van der Waals surface area contributed by atoms with Crippen molar-refractivity contribution >= 4 is 17.0 Å². The number of ether oxygens (including phenoxy) is 2. The average Bonchev–Trinajstić information content (AvgIpc) is 2.83. The molecule has 3 aromatic rings. The Balaban J connectivity index is 1.76. The number of para-hydroxylation sites is 1. The van der Waals surface area contributed by atoms with Crippen LogP contribution in [0.4, 0.5) is 5.95 Å². The molecule has 0 saturated carbocycles. The minimum absolute atomic E-state index is 0.481. The summed E-state index contributed by atoms with van der Waals surface area (Å²) in [6.45, 7) is 1.18. The molecular formula is C16H17N3O2. The van der Waals surface area contributed by atoms with Crippen LogP contribution < -0.4 is 15.2 Å². The first-order chi connectivity index (χ1) is 10.3. The van der Waals surface area contributed by atoms with Gasteiger partial charge in [0.2, 0.25) is 5.95 Å². The van der Waals surface area contributed by atoms with Gasteiger partial charge in [-0.2, -0.15) is 0 Å². The minimum Gasteiger partial charge on any atom is -0.497 e. The molecule has 0 spiro atoms. The lowest BCUT2D eigenvalue weighted by Crippen LogP contribution is -2.10. The fraction of sp³-hybridized carbons (Fsp3) is 0.188. The second-order valence-electron chi connectivity index (χ2n) is 4.64. The van der Waals surface area contributed by atoms with E-state index in [-0.39, 0.29) is 0 Å². The fourth-order valence-corrected chi connectivity index (χ4v) is 2.26. The first-order valence-corrected chi connectivity index (χ1v) is 6.75. The van der Waals surface area contributed by atoms with Crippen LogP contribution in [0.15, 0.2) is 48.5 Å². The van der Waals surface area contributed by atoms with Crippen LogP contribution in [-0.2, 0) is 6.54 Å². The van der Waals surface area contributed by atoms with Gasteiger partial charge in [-0.3, -0.25) is 0 Å². The van der Waals surface area contributed by atoms with Crippen molar-refractivity contribution in [1.29, 1.82) is 0 Å². The molecule has 1 heterocycles. The summed E-state index contributed by atoms with van der Waals surface area (Å²) in [4.78, 5) is 4.35. The maximum atomic E-state index is 5.98. The largest absolute Gasteiger partial charge is 0.497 e. The van der Waals surface area contributed by atoms with Gasteiger partial charge in [-0.05, 0) is 24.3 Å². The van der Waals surface area contributed by atoms with E-state index in [0.717, 1.165) is 22.5 Å². The topological polar surface area (TPSA) is 62.3 Å². The van der Waals surface area contributed by atoms with E-state index in [2.05, 4.69) is 4.98 Å². The number of anilines is 1. The Kier molecular flexibility index (Phi) is 3.64. The van der Waals surface area contributed by atoms with Crippen LogP contribution in [0.25, 0.3) is 11.0 Å². The van der Waals surface area contributed by atoms with Gasteiger partial charge < -0.3 is 19.8 Å². The molecule has 21 heavy (non-hydrogen) atoms. The molecule has 0 aliphatic carbocycles. The van der Waals surface area contributed by atoms with Gasteiger partial charge >= 0.3 is 0 Å². The zero-order valence-corrected chi connectivity index (χ0v) is 11.8. The molecule has 0 bridgehead atoms. The monoisotopic (exact) mass is 283 g/mol. The zero-order chi connectivity index (χ0) is 14.7. The quantitative estimate of drug-likeness (QED) is 0.782. The Hall–Kier alpha value is -2.69. The summed E-state index contributed by atoms with van der Waals surface area (Å²) in [5, 5.41) is 0. The molecule has 2 aromatic carbocycles. The van der Waals surface area contributed by atoms with Crippen LogP contribution in [0.3, 0.4) is 0 Å². The van der Waals surface area contributed by atoms with Crippen LogP contribution in [0.5, 0.6) is 11.5 Å². The standard InChI is InChI=1S/C16H17N3O2/c1-20-13-7-8-15-14(11-13)18-16(17)19(15)9-10-21-12-5-3-2-4-6-12/h2-8,11H,9-10H2,1H3,(H2,17,18). The summed E-state index contributed by atoms with van der Waals surface area (Å²) in [6, 6.07) is 15.4. The number of fused-ring (bicyclic) bond motifs is 1. The Labute approximate surface area is 122 Å². The third-order valence-corrected chi connectivity index (χ3v) is 3.31. The number of hydrogen-bond acceptors (Lipinski definition) is 4. The van der Waals surface area contributed by atoms with Crippen LogP contribution in [-0.4, -0.2) is 23.3 Å². The van der Waals surface area contributed by atoms with Gasteiger partial charge in [0.25, 0.3) is 0 Å². The van der Waals surface area contributed by atoms with Crippen molar-refractivity contribution < 1.29 is 9.47 Å². The summed E-state index contributed by atoms with van der Waals surface area (Å²) in [6.07, 6.45) is 0. The smallest absolute Gasteiger partial charge is 0.201 e. The lowest BCUT2D eigenvalue weighted by Gasteiger charge is -2.09. The van der Waals surface area contributed by atoms with Gasteiger partial charge in [0.05, 0.1) is 24.7 Å². The van der Waals surface area contributed by atoms with Crippen molar-refractivity contribution in [2.45, 2.75) is 6.54 Å². The number of aromatic nitrogens is 2. The van der Waals surface area contributed by atoms with Crippen molar-refractivity contribution in [3.05, 3.63) is 48.5 Å². The molecule has 0 radical (unpaired) electrons. The van der Waals surface area contributed by atoms with Crippen LogP contribution in [0.1, 0.15) is 0 Å². The molecule has 5 heteroatoms. The molecule has 0 fully saturated rings. The SMILES string of the molecule is COc1ccc2c(c1)nc(N)n2CCOc1ccccc1. The highest BCUT2D eigenvalue weighted by molar-refractivity contribution is 5.79. The molecule has 0 aliphatic rings. The summed E-state index contributed by atoms with van der Waals surface area (Å²) in [5.41, 5.74) is 7.78. The third-order valence-electron chi connectivity index (χ3n) is 3.31. The lowest BCUT2D eigenvalue weighted by atomic mass is 10.3. The van der Waals surface area contributed by atoms with E-state index >= 15 is 0 Å².